The number of hydrogen-bond acceptors (Lipinski definition) is 5. The van der Waals surface area contributed by atoms with Crippen LogP contribution in [0.5, 0.6) is 0 Å². The molecule has 0 unspecified atom stereocenters. The molecule has 0 radical (unpaired) electrons. The smallest absolute Gasteiger partial charge is 0.267 e. The zero-order chi connectivity index (χ0) is 22.6. The zero-order valence-corrected chi connectivity index (χ0v) is 18.2. The molecule has 0 aliphatic carbocycles. The lowest BCUT2D eigenvalue weighted by Crippen LogP contribution is -2.25. The van der Waals surface area contributed by atoms with Crippen LogP contribution >= 0.6 is 11.6 Å². The van der Waals surface area contributed by atoms with E-state index in [0.29, 0.717) is 34.0 Å². The summed E-state index contributed by atoms with van der Waals surface area (Å²) in [5, 5.41) is 0.577. The first-order valence-corrected chi connectivity index (χ1v) is 10.7. The van der Waals surface area contributed by atoms with Crippen molar-refractivity contribution in [3.8, 4) is 5.69 Å². The summed E-state index contributed by atoms with van der Waals surface area (Å²) < 4.78 is 1.62. The van der Waals surface area contributed by atoms with Crippen molar-refractivity contribution in [3.63, 3.8) is 0 Å². The molecule has 5 rings (SSSR count). The molecule has 4 aromatic heterocycles. The molecule has 1 aromatic carbocycles. The minimum atomic E-state index is -0.203. The van der Waals surface area contributed by atoms with Crippen molar-refractivity contribution in [2.75, 3.05) is 0 Å². The van der Waals surface area contributed by atoms with Crippen LogP contribution in [-0.4, -0.2) is 24.5 Å². The first-order valence-electron chi connectivity index (χ1n) is 10.3. The summed E-state index contributed by atoms with van der Waals surface area (Å²) >= 11 is 6.03. The van der Waals surface area contributed by atoms with E-state index in [-0.39, 0.29) is 5.56 Å². The average molecular weight is 452 g/mol. The second kappa shape index (κ2) is 9.14. The number of pyridine rings is 3. The van der Waals surface area contributed by atoms with Gasteiger partial charge in [-0.05, 0) is 53.1 Å². The molecule has 0 bridgehead atoms. The Kier molecular flexibility index (Phi) is 5.74. The number of halogens is 1. The Balaban J connectivity index is 1.60. The predicted octanol–water partition coefficient (Wildman–Crippen LogP) is 4.99. The Morgan fingerprint density at radius 2 is 1.76 bits per heavy atom. The molecule has 7 heteroatoms. The third kappa shape index (κ3) is 4.56. The largest absolute Gasteiger partial charge is 0.278 e. The molecule has 6 nitrogen and oxygen atoms in total. The molecule has 0 saturated carbocycles. The Hall–Kier alpha value is -4.16. The lowest BCUT2D eigenvalue weighted by molar-refractivity contribution is 0.924. The fourth-order valence-corrected chi connectivity index (χ4v) is 3.78. The summed E-state index contributed by atoms with van der Waals surface area (Å²) in [6.07, 6.45) is 12.7. The van der Waals surface area contributed by atoms with Crippen molar-refractivity contribution in [1.29, 1.82) is 0 Å². The molecule has 4 heterocycles. The third-order valence-electron chi connectivity index (χ3n) is 5.10. The van der Waals surface area contributed by atoms with Crippen LogP contribution in [0, 0.1) is 0 Å². The van der Waals surface area contributed by atoms with Crippen LogP contribution in [0.3, 0.4) is 0 Å². The van der Waals surface area contributed by atoms with Gasteiger partial charge in [0, 0.05) is 37.4 Å². The molecule has 160 valence electrons. The first kappa shape index (κ1) is 20.7. The van der Waals surface area contributed by atoms with Crippen molar-refractivity contribution in [2.24, 2.45) is 0 Å². The molecular weight excluding hydrogens is 434 g/mol. The minimum absolute atomic E-state index is 0.203. The highest BCUT2D eigenvalue weighted by Crippen LogP contribution is 2.18. The maximum atomic E-state index is 13.5. The van der Waals surface area contributed by atoms with Gasteiger partial charge in [-0.15, -0.1) is 0 Å². The van der Waals surface area contributed by atoms with Crippen molar-refractivity contribution in [1.82, 2.24) is 24.5 Å². The number of aromatic nitrogens is 5. The molecule has 0 aliphatic rings. The molecule has 0 amide bonds. The number of nitrogens with zero attached hydrogens (tertiary/aromatic N) is 5. The van der Waals surface area contributed by atoms with E-state index in [1.54, 1.807) is 35.6 Å². The van der Waals surface area contributed by atoms with Crippen molar-refractivity contribution < 1.29 is 0 Å². The fourth-order valence-electron chi connectivity index (χ4n) is 3.60. The molecule has 0 spiro atoms. The predicted molar refractivity (Wildman–Crippen MR) is 130 cm³/mol. The normalized spacial score (nSPS) is 11.3. The van der Waals surface area contributed by atoms with Gasteiger partial charge >= 0.3 is 0 Å². The van der Waals surface area contributed by atoms with Gasteiger partial charge in [0.1, 0.15) is 11.2 Å². The van der Waals surface area contributed by atoms with E-state index in [1.165, 1.54) is 0 Å². The maximum Gasteiger partial charge on any atom is 0.278 e. The molecule has 0 atom stereocenters. The molecule has 0 saturated heterocycles. The van der Waals surface area contributed by atoms with Gasteiger partial charge in [0.15, 0.2) is 5.65 Å². The SMILES string of the molecule is O=c1c(Cc2cccnc2)nc2cccnc2n1-c1cccc(C=Cc2cncc(Cl)c2)c1. The van der Waals surface area contributed by atoms with Gasteiger partial charge in [0.05, 0.1) is 10.7 Å². The summed E-state index contributed by atoms with van der Waals surface area (Å²) in [5.74, 6) is 0. The summed E-state index contributed by atoms with van der Waals surface area (Å²) in [5.41, 5.74) is 4.85. The topological polar surface area (TPSA) is 73.6 Å². The van der Waals surface area contributed by atoms with Crippen LogP contribution in [0.25, 0.3) is 29.0 Å². The van der Waals surface area contributed by atoms with Crippen LogP contribution in [-0.2, 0) is 6.42 Å². The van der Waals surface area contributed by atoms with E-state index in [1.807, 2.05) is 66.7 Å². The number of rotatable bonds is 5. The summed E-state index contributed by atoms with van der Waals surface area (Å²) in [6.45, 7) is 0. The van der Waals surface area contributed by atoms with E-state index in [4.69, 9.17) is 11.6 Å². The highest BCUT2D eigenvalue weighted by Gasteiger charge is 2.14. The molecule has 0 fully saturated rings. The molecule has 5 aromatic rings. The lowest BCUT2D eigenvalue weighted by atomic mass is 10.1. The molecule has 0 N–H and O–H groups in total. The van der Waals surface area contributed by atoms with Crippen molar-refractivity contribution >= 4 is 34.9 Å². The third-order valence-corrected chi connectivity index (χ3v) is 5.31. The van der Waals surface area contributed by atoms with Crippen LogP contribution in [0.1, 0.15) is 22.4 Å². The lowest BCUT2D eigenvalue weighted by Gasteiger charge is -2.12. The molecule has 33 heavy (non-hydrogen) atoms. The maximum absolute atomic E-state index is 13.5. The quantitative estimate of drug-likeness (QED) is 0.376. The van der Waals surface area contributed by atoms with Crippen LogP contribution in [0.15, 0.2) is 90.4 Å². The van der Waals surface area contributed by atoms with Crippen LogP contribution in [0.2, 0.25) is 5.02 Å². The highest BCUT2D eigenvalue weighted by atomic mass is 35.5. The standard InChI is InChI=1S/C26H18ClN5O/c27-21-12-20(16-29-17-21)9-8-18-4-1-6-22(13-18)32-25-23(7-3-11-30-25)31-24(26(32)33)14-19-5-2-10-28-15-19/h1-13,15-17H,14H2. The van der Waals surface area contributed by atoms with Gasteiger partial charge in [-0.3, -0.25) is 19.3 Å². The Bertz CT molecular complexity index is 1530. The minimum Gasteiger partial charge on any atom is -0.267 e. The van der Waals surface area contributed by atoms with E-state index < -0.39 is 0 Å². The molecule has 0 aliphatic heterocycles. The Morgan fingerprint density at radius 3 is 2.61 bits per heavy atom. The first-order chi connectivity index (χ1) is 16.2. The van der Waals surface area contributed by atoms with E-state index in [9.17, 15) is 4.79 Å². The van der Waals surface area contributed by atoms with Gasteiger partial charge in [0.25, 0.3) is 5.56 Å². The van der Waals surface area contributed by atoms with Gasteiger partial charge in [-0.1, -0.05) is 42.0 Å². The fraction of sp³-hybridized carbons (Fsp3) is 0.0385. The highest BCUT2D eigenvalue weighted by molar-refractivity contribution is 6.30. The van der Waals surface area contributed by atoms with E-state index in [0.717, 1.165) is 16.7 Å². The number of hydrogen-bond donors (Lipinski definition) is 0. The van der Waals surface area contributed by atoms with Gasteiger partial charge in [0.2, 0.25) is 0 Å². The molecular formula is C26H18ClN5O. The van der Waals surface area contributed by atoms with Crippen molar-refractivity contribution in [3.05, 3.63) is 123 Å². The average Bonchev–Trinajstić information content (AvgIpc) is 2.84. The van der Waals surface area contributed by atoms with Crippen LogP contribution < -0.4 is 5.56 Å². The second-order valence-electron chi connectivity index (χ2n) is 7.45. The van der Waals surface area contributed by atoms with Gasteiger partial charge in [-0.2, -0.15) is 0 Å². The Labute approximate surface area is 194 Å². The van der Waals surface area contributed by atoms with Crippen molar-refractivity contribution in [2.45, 2.75) is 6.42 Å². The summed E-state index contributed by atoms with van der Waals surface area (Å²) in [4.78, 5) is 30.8. The Morgan fingerprint density at radius 1 is 0.879 bits per heavy atom. The summed E-state index contributed by atoms with van der Waals surface area (Å²) in [6, 6.07) is 17.0. The monoisotopic (exact) mass is 451 g/mol. The van der Waals surface area contributed by atoms with Crippen LogP contribution in [0.4, 0.5) is 0 Å². The van der Waals surface area contributed by atoms with E-state index in [2.05, 4.69) is 19.9 Å². The van der Waals surface area contributed by atoms with Gasteiger partial charge < -0.3 is 0 Å². The summed E-state index contributed by atoms with van der Waals surface area (Å²) in [7, 11) is 0. The number of benzene rings is 1. The number of fused-ring (bicyclic) bond motifs is 1. The second-order valence-corrected chi connectivity index (χ2v) is 7.88. The zero-order valence-electron chi connectivity index (χ0n) is 17.5. The van der Waals surface area contributed by atoms with Gasteiger partial charge in [-0.25, -0.2) is 9.97 Å². The van der Waals surface area contributed by atoms with E-state index >= 15 is 0 Å².